The first-order chi connectivity index (χ1) is 9.43. The number of hydrogen-bond acceptors (Lipinski definition) is 4. The molecule has 20 heavy (non-hydrogen) atoms. The number of esters is 1. The summed E-state index contributed by atoms with van der Waals surface area (Å²) in [5.74, 6) is 0.822. The molecule has 0 saturated heterocycles. The molecule has 0 bridgehead atoms. The Morgan fingerprint density at radius 3 is 2.20 bits per heavy atom. The van der Waals surface area contributed by atoms with E-state index < -0.39 is 0 Å². The lowest BCUT2D eigenvalue weighted by Crippen LogP contribution is -2.41. The third-order valence-electron chi connectivity index (χ3n) is 2.94. The second kappa shape index (κ2) is 7.90. The number of ether oxygens (including phenoxy) is 2. The van der Waals surface area contributed by atoms with E-state index in [1.165, 1.54) is 7.11 Å². The smallest absolute Gasteiger partial charge is 0.323 e. The molecule has 0 aromatic heterocycles. The van der Waals surface area contributed by atoms with Crippen LogP contribution in [0.5, 0.6) is 5.75 Å². The number of hydrogen-bond donors (Lipinski definition) is 1. The summed E-state index contributed by atoms with van der Waals surface area (Å²) >= 11 is 0. The molecule has 1 aromatic rings. The van der Waals surface area contributed by atoms with Crippen molar-refractivity contribution in [1.82, 2.24) is 5.32 Å². The fourth-order valence-electron chi connectivity index (χ4n) is 1.90. The van der Waals surface area contributed by atoms with Crippen molar-refractivity contribution in [2.45, 2.75) is 46.4 Å². The molecule has 1 unspecified atom stereocenters. The maximum Gasteiger partial charge on any atom is 0.323 e. The van der Waals surface area contributed by atoms with Crippen molar-refractivity contribution < 1.29 is 14.3 Å². The van der Waals surface area contributed by atoms with Crippen molar-refractivity contribution in [2.75, 3.05) is 7.11 Å². The fraction of sp³-hybridized carbons (Fsp3) is 0.562. The predicted molar refractivity (Wildman–Crippen MR) is 79.7 cm³/mol. The van der Waals surface area contributed by atoms with E-state index in [4.69, 9.17) is 9.47 Å². The topological polar surface area (TPSA) is 47.6 Å². The number of benzene rings is 1. The number of carbonyl (C=O) groups is 1. The Hall–Kier alpha value is -1.55. The zero-order valence-corrected chi connectivity index (χ0v) is 13.0. The SMILES string of the molecule is COC(=O)C(NCc1ccc(OC(C)C)cc1)C(C)C. The van der Waals surface area contributed by atoms with Crippen LogP contribution in [0.1, 0.15) is 33.3 Å². The highest BCUT2D eigenvalue weighted by atomic mass is 16.5. The molecule has 0 spiro atoms. The van der Waals surface area contributed by atoms with Gasteiger partial charge in [0.05, 0.1) is 13.2 Å². The van der Waals surface area contributed by atoms with Crippen molar-refractivity contribution in [3.63, 3.8) is 0 Å². The molecule has 1 N–H and O–H groups in total. The summed E-state index contributed by atoms with van der Waals surface area (Å²) in [4.78, 5) is 11.6. The van der Waals surface area contributed by atoms with E-state index in [1.54, 1.807) is 0 Å². The molecule has 0 radical (unpaired) electrons. The van der Waals surface area contributed by atoms with Crippen LogP contribution in [-0.2, 0) is 16.1 Å². The van der Waals surface area contributed by atoms with Crippen molar-refractivity contribution >= 4 is 5.97 Å². The molecule has 0 aliphatic carbocycles. The molecule has 1 aromatic carbocycles. The van der Waals surface area contributed by atoms with Gasteiger partial charge in [0.2, 0.25) is 0 Å². The standard InChI is InChI=1S/C16H25NO3/c1-11(2)15(16(18)19-5)17-10-13-6-8-14(9-7-13)20-12(3)4/h6-9,11-12,15,17H,10H2,1-5H3. The summed E-state index contributed by atoms with van der Waals surface area (Å²) in [6, 6.07) is 7.60. The molecule has 1 rings (SSSR count). The van der Waals surface area contributed by atoms with Crippen LogP contribution in [-0.4, -0.2) is 25.2 Å². The van der Waals surface area contributed by atoms with E-state index in [0.717, 1.165) is 11.3 Å². The lowest BCUT2D eigenvalue weighted by atomic mass is 10.0. The van der Waals surface area contributed by atoms with E-state index in [9.17, 15) is 4.79 Å². The van der Waals surface area contributed by atoms with Gasteiger partial charge >= 0.3 is 5.97 Å². The third-order valence-corrected chi connectivity index (χ3v) is 2.94. The zero-order valence-electron chi connectivity index (χ0n) is 13.0. The summed E-state index contributed by atoms with van der Waals surface area (Å²) in [7, 11) is 1.41. The first-order valence-electron chi connectivity index (χ1n) is 7.00. The Bertz CT molecular complexity index is 412. The molecule has 0 aliphatic heterocycles. The van der Waals surface area contributed by atoms with Crippen LogP contribution in [0.15, 0.2) is 24.3 Å². The number of methoxy groups -OCH3 is 1. The molecule has 0 fully saturated rings. The minimum Gasteiger partial charge on any atom is -0.491 e. The number of rotatable bonds is 7. The first-order valence-corrected chi connectivity index (χ1v) is 7.00. The molecule has 112 valence electrons. The van der Waals surface area contributed by atoms with Gasteiger partial charge in [-0.2, -0.15) is 0 Å². The van der Waals surface area contributed by atoms with Crippen LogP contribution in [0.25, 0.3) is 0 Å². The van der Waals surface area contributed by atoms with Gasteiger partial charge in [-0.15, -0.1) is 0 Å². The van der Waals surface area contributed by atoms with Crippen LogP contribution in [0.2, 0.25) is 0 Å². The van der Waals surface area contributed by atoms with E-state index in [0.29, 0.717) is 6.54 Å². The summed E-state index contributed by atoms with van der Waals surface area (Å²) < 4.78 is 10.4. The van der Waals surface area contributed by atoms with Crippen LogP contribution >= 0.6 is 0 Å². The lowest BCUT2D eigenvalue weighted by Gasteiger charge is -2.20. The minimum absolute atomic E-state index is 0.170. The van der Waals surface area contributed by atoms with Crippen molar-refractivity contribution in [3.05, 3.63) is 29.8 Å². The summed E-state index contributed by atoms with van der Waals surface area (Å²) in [5.41, 5.74) is 1.11. The Morgan fingerprint density at radius 2 is 1.75 bits per heavy atom. The Labute approximate surface area is 121 Å². The highest BCUT2D eigenvalue weighted by molar-refractivity contribution is 5.75. The molecular formula is C16H25NO3. The minimum atomic E-state index is -0.286. The maximum atomic E-state index is 11.6. The monoisotopic (exact) mass is 279 g/mol. The Morgan fingerprint density at radius 1 is 1.15 bits per heavy atom. The van der Waals surface area contributed by atoms with Gasteiger partial charge in [-0.3, -0.25) is 4.79 Å². The van der Waals surface area contributed by atoms with Crippen LogP contribution < -0.4 is 10.1 Å². The van der Waals surface area contributed by atoms with Gasteiger partial charge in [-0.1, -0.05) is 26.0 Å². The predicted octanol–water partition coefficient (Wildman–Crippen LogP) is 2.76. The van der Waals surface area contributed by atoms with Crippen molar-refractivity contribution in [2.24, 2.45) is 5.92 Å². The summed E-state index contributed by atoms with van der Waals surface area (Å²) in [5, 5.41) is 3.23. The Balaban J connectivity index is 2.58. The molecule has 1 atom stereocenters. The molecule has 4 nitrogen and oxygen atoms in total. The molecule has 0 heterocycles. The quantitative estimate of drug-likeness (QED) is 0.780. The van der Waals surface area contributed by atoms with Gasteiger partial charge in [-0.05, 0) is 37.5 Å². The summed E-state index contributed by atoms with van der Waals surface area (Å²) in [6.07, 6.45) is 0.170. The third kappa shape index (κ3) is 5.21. The molecule has 0 amide bonds. The summed E-state index contributed by atoms with van der Waals surface area (Å²) in [6.45, 7) is 8.61. The van der Waals surface area contributed by atoms with Crippen LogP contribution in [0.3, 0.4) is 0 Å². The second-order valence-corrected chi connectivity index (χ2v) is 5.44. The van der Waals surface area contributed by atoms with Gasteiger partial charge in [0.1, 0.15) is 11.8 Å². The van der Waals surface area contributed by atoms with E-state index in [-0.39, 0.29) is 24.0 Å². The normalized spacial score (nSPS) is 12.6. The number of nitrogens with one attached hydrogen (secondary N) is 1. The fourth-order valence-corrected chi connectivity index (χ4v) is 1.90. The average molecular weight is 279 g/mol. The lowest BCUT2D eigenvalue weighted by molar-refractivity contribution is -0.144. The van der Waals surface area contributed by atoms with Crippen LogP contribution in [0.4, 0.5) is 0 Å². The van der Waals surface area contributed by atoms with E-state index in [1.807, 2.05) is 52.0 Å². The van der Waals surface area contributed by atoms with Gasteiger partial charge in [0.15, 0.2) is 0 Å². The molecular weight excluding hydrogens is 254 g/mol. The average Bonchev–Trinajstić information content (AvgIpc) is 2.39. The first kappa shape index (κ1) is 16.5. The zero-order chi connectivity index (χ0) is 15.1. The molecule has 0 saturated carbocycles. The highest BCUT2D eigenvalue weighted by Gasteiger charge is 2.21. The maximum absolute atomic E-state index is 11.6. The van der Waals surface area contributed by atoms with Gasteiger partial charge < -0.3 is 14.8 Å². The second-order valence-electron chi connectivity index (χ2n) is 5.44. The Kier molecular flexibility index (Phi) is 6.52. The highest BCUT2D eigenvalue weighted by Crippen LogP contribution is 2.14. The van der Waals surface area contributed by atoms with Gasteiger partial charge in [0, 0.05) is 6.54 Å². The molecule has 4 heteroatoms. The molecule has 0 aliphatic rings. The van der Waals surface area contributed by atoms with Crippen LogP contribution in [0, 0.1) is 5.92 Å². The van der Waals surface area contributed by atoms with Crippen molar-refractivity contribution in [1.29, 1.82) is 0 Å². The largest absolute Gasteiger partial charge is 0.491 e. The van der Waals surface area contributed by atoms with E-state index in [2.05, 4.69) is 5.32 Å². The van der Waals surface area contributed by atoms with E-state index >= 15 is 0 Å². The number of carbonyl (C=O) groups excluding carboxylic acids is 1. The van der Waals surface area contributed by atoms with Crippen molar-refractivity contribution in [3.8, 4) is 5.75 Å². The van der Waals surface area contributed by atoms with Gasteiger partial charge in [0.25, 0.3) is 0 Å². The van der Waals surface area contributed by atoms with Gasteiger partial charge in [-0.25, -0.2) is 0 Å².